The number of hydrogen-bond acceptors (Lipinski definition) is 9. The lowest BCUT2D eigenvalue weighted by Crippen LogP contribution is -2.48. The van der Waals surface area contributed by atoms with Crippen molar-refractivity contribution < 1.29 is 14.4 Å². The summed E-state index contributed by atoms with van der Waals surface area (Å²) in [4.78, 5) is 46.1. The smallest absolute Gasteiger partial charge is 0.328 e. The molecular weight excluding hydrogens is 560 g/mol. The third kappa shape index (κ3) is 7.96. The van der Waals surface area contributed by atoms with Crippen LogP contribution in [-0.4, -0.2) is 74.6 Å². The Balaban J connectivity index is 1.10. The quantitative estimate of drug-likeness (QED) is 0.184. The first-order valence-electron chi connectivity index (χ1n) is 16.2. The second kappa shape index (κ2) is 15.0. The number of ether oxygens (including phenoxy) is 1. The van der Waals surface area contributed by atoms with Gasteiger partial charge in [0.2, 0.25) is 5.91 Å². The number of fused-ring (bicyclic) bond motifs is 1. The van der Waals surface area contributed by atoms with Crippen molar-refractivity contribution in [2.24, 2.45) is 11.3 Å². The highest BCUT2D eigenvalue weighted by Gasteiger charge is 2.38. The molecule has 240 valence electrons. The van der Waals surface area contributed by atoms with Crippen LogP contribution in [0.25, 0.3) is 11.2 Å². The molecule has 12 nitrogen and oxygen atoms in total. The summed E-state index contributed by atoms with van der Waals surface area (Å²) < 4.78 is 7.23. The predicted molar refractivity (Wildman–Crippen MR) is 170 cm³/mol. The number of piperidine rings is 2. The summed E-state index contributed by atoms with van der Waals surface area (Å²) >= 11 is 0. The molecule has 12 heteroatoms. The number of nitrogens with zero attached hydrogens (tertiary/aromatic N) is 5. The maximum Gasteiger partial charge on any atom is 0.328 e. The number of rotatable bonds is 14. The minimum atomic E-state index is -0.276. The first kappa shape index (κ1) is 31.9. The Kier molecular flexibility index (Phi) is 10.9. The minimum absolute atomic E-state index is 0.190. The van der Waals surface area contributed by atoms with Crippen LogP contribution in [0.3, 0.4) is 0 Å². The lowest BCUT2D eigenvalue weighted by Gasteiger charge is -2.47. The van der Waals surface area contributed by atoms with Crippen molar-refractivity contribution in [2.45, 2.75) is 84.2 Å². The molecule has 1 amide bonds. The summed E-state index contributed by atoms with van der Waals surface area (Å²) in [7, 11) is 0. The number of H-pyrrole nitrogens is 1. The number of nitrogens with one attached hydrogen (secondary N) is 1. The van der Waals surface area contributed by atoms with Crippen LogP contribution in [-0.2, 0) is 22.7 Å². The average molecular weight is 609 g/mol. The van der Waals surface area contributed by atoms with Crippen LogP contribution in [0.2, 0.25) is 0 Å². The topological polar surface area (TPSA) is 158 Å². The number of imidazole rings is 1. The zero-order valence-corrected chi connectivity index (χ0v) is 26.1. The highest BCUT2D eigenvalue weighted by Crippen LogP contribution is 2.41. The molecule has 0 bridgehead atoms. The van der Waals surface area contributed by atoms with Crippen LogP contribution in [0.15, 0.2) is 29.1 Å². The number of benzene rings is 1. The van der Waals surface area contributed by atoms with E-state index in [4.69, 9.17) is 16.4 Å². The maximum atomic E-state index is 12.8. The van der Waals surface area contributed by atoms with Gasteiger partial charge in [-0.25, -0.2) is 10.7 Å². The van der Waals surface area contributed by atoms with Gasteiger partial charge in [-0.3, -0.25) is 14.3 Å². The molecule has 4 heterocycles. The van der Waals surface area contributed by atoms with Crippen molar-refractivity contribution in [3.05, 3.63) is 45.9 Å². The Morgan fingerprint density at radius 2 is 1.61 bits per heavy atom. The minimum Gasteiger partial charge on any atom is -0.463 e. The van der Waals surface area contributed by atoms with Gasteiger partial charge >= 0.3 is 11.7 Å². The molecule has 44 heavy (non-hydrogen) atoms. The SMILES string of the molecule is CCCCOc1nc(N)c2[nH]c(=O)n(Cc3ccc(CN4CCC5(CC4)CCN(C(=O)CCCCCON)CC5)cc3)c2n1. The predicted octanol–water partition coefficient (Wildman–Crippen LogP) is 3.58. The molecule has 0 unspecified atom stereocenters. The zero-order chi connectivity index (χ0) is 30.9. The second-order valence-electron chi connectivity index (χ2n) is 12.5. The van der Waals surface area contributed by atoms with Crippen LogP contribution in [0.1, 0.15) is 82.3 Å². The van der Waals surface area contributed by atoms with Crippen molar-refractivity contribution in [1.82, 2.24) is 29.3 Å². The molecule has 1 aromatic carbocycles. The van der Waals surface area contributed by atoms with E-state index in [2.05, 4.69) is 60.8 Å². The number of carbonyl (C=O) groups is 1. The number of nitrogens with two attached hydrogens (primary N) is 2. The van der Waals surface area contributed by atoms with E-state index in [0.717, 1.165) is 83.2 Å². The largest absolute Gasteiger partial charge is 0.463 e. The standard InChI is InChI=1S/C32H48N8O4/c1-2-3-20-43-30-36-28(33)27-29(37-30)40(31(42)35-27)23-25-10-8-24(9-11-25)22-38-16-12-32(13-17-38)14-18-39(19-15-32)26(41)7-5-4-6-21-44-34/h8-11H,2-7,12-23,34H2,1H3,(H,35,42)(H2,33,36,37). The van der Waals surface area contributed by atoms with E-state index >= 15 is 0 Å². The van der Waals surface area contributed by atoms with Crippen LogP contribution in [0.5, 0.6) is 6.01 Å². The Bertz CT molecular complexity index is 1420. The molecule has 2 aliphatic rings. The Hall–Kier alpha value is -3.48. The van der Waals surface area contributed by atoms with Gasteiger partial charge in [0, 0.05) is 26.1 Å². The van der Waals surface area contributed by atoms with Crippen LogP contribution >= 0.6 is 0 Å². The summed E-state index contributed by atoms with van der Waals surface area (Å²) in [6.07, 6.45) is 9.89. The summed E-state index contributed by atoms with van der Waals surface area (Å²) in [6, 6.07) is 8.64. The number of unbranched alkanes of at least 4 members (excludes halogenated alkanes) is 3. The van der Waals surface area contributed by atoms with Crippen LogP contribution in [0.4, 0.5) is 5.82 Å². The average Bonchev–Trinajstić information content (AvgIpc) is 3.34. The monoisotopic (exact) mass is 608 g/mol. The molecule has 3 aromatic rings. The lowest BCUT2D eigenvalue weighted by atomic mass is 9.71. The number of likely N-dealkylation sites (tertiary alicyclic amines) is 2. The van der Waals surface area contributed by atoms with E-state index in [9.17, 15) is 9.59 Å². The molecule has 0 atom stereocenters. The first-order valence-corrected chi connectivity index (χ1v) is 16.2. The van der Waals surface area contributed by atoms with E-state index in [-0.39, 0.29) is 17.5 Å². The zero-order valence-electron chi connectivity index (χ0n) is 26.1. The fourth-order valence-corrected chi connectivity index (χ4v) is 6.45. The number of nitrogen functional groups attached to an aromatic ring is 1. The van der Waals surface area contributed by atoms with Gasteiger partial charge in [-0.15, -0.1) is 0 Å². The van der Waals surface area contributed by atoms with Gasteiger partial charge in [-0.05, 0) is 74.6 Å². The highest BCUT2D eigenvalue weighted by molar-refractivity contribution is 5.82. The number of aromatic nitrogens is 4. The molecule has 0 aliphatic carbocycles. The summed E-state index contributed by atoms with van der Waals surface area (Å²) in [5, 5.41) is 0. The lowest BCUT2D eigenvalue weighted by molar-refractivity contribution is -0.134. The van der Waals surface area contributed by atoms with E-state index in [1.807, 2.05) is 0 Å². The van der Waals surface area contributed by atoms with Crippen LogP contribution < -0.4 is 22.1 Å². The third-order valence-corrected chi connectivity index (χ3v) is 9.38. The van der Waals surface area contributed by atoms with Gasteiger partial charge in [-0.1, -0.05) is 44.0 Å². The Morgan fingerprint density at radius 3 is 2.30 bits per heavy atom. The van der Waals surface area contributed by atoms with Crippen molar-refractivity contribution in [3.63, 3.8) is 0 Å². The Morgan fingerprint density at radius 1 is 0.932 bits per heavy atom. The molecule has 5 N–H and O–H groups in total. The molecule has 1 spiro atoms. The maximum absolute atomic E-state index is 12.8. The van der Waals surface area contributed by atoms with Crippen molar-refractivity contribution in [3.8, 4) is 6.01 Å². The normalized spacial score (nSPS) is 17.0. The summed E-state index contributed by atoms with van der Waals surface area (Å²) in [5.74, 6) is 5.57. The number of amides is 1. The molecule has 2 saturated heterocycles. The fourth-order valence-electron chi connectivity index (χ4n) is 6.45. The number of hydrogen-bond donors (Lipinski definition) is 3. The van der Waals surface area contributed by atoms with Crippen molar-refractivity contribution >= 4 is 22.9 Å². The van der Waals surface area contributed by atoms with Gasteiger partial charge in [-0.2, -0.15) is 9.97 Å². The fraction of sp³-hybridized carbons (Fsp3) is 0.625. The Labute approximate surface area is 259 Å². The van der Waals surface area contributed by atoms with E-state index in [1.165, 1.54) is 18.4 Å². The molecule has 5 rings (SSSR count). The number of anilines is 1. The first-order chi connectivity index (χ1) is 21.4. The van der Waals surface area contributed by atoms with E-state index in [0.29, 0.717) is 48.7 Å². The van der Waals surface area contributed by atoms with E-state index in [1.54, 1.807) is 4.57 Å². The second-order valence-corrected chi connectivity index (χ2v) is 12.5. The van der Waals surface area contributed by atoms with Crippen molar-refractivity contribution in [1.29, 1.82) is 0 Å². The number of aromatic amines is 1. The van der Waals surface area contributed by atoms with Crippen molar-refractivity contribution in [2.75, 3.05) is 45.1 Å². The highest BCUT2D eigenvalue weighted by atomic mass is 16.6. The van der Waals surface area contributed by atoms with Gasteiger partial charge in [0.15, 0.2) is 11.5 Å². The van der Waals surface area contributed by atoms with Gasteiger partial charge in [0.05, 0.1) is 19.8 Å². The molecule has 0 radical (unpaired) electrons. The summed E-state index contributed by atoms with van der Waals surface area (Å²) in [6.45, 7) is 8.35. The van der Waals surface area contributed by atoms with Gasteiger partial charge in [0.25, 0.3) is 0 Å². The molecule has 0 saturated carbocycles. The van der Waals surface area contributed by atoms with Crippen LogP contribution in [0, 0.1) is 5.41 Å². The molecule has 2 aliphatic heterocycles. The summed E-state index contributed by atoms with van der Waals surface area (Å²) in [5.41, 5.74) is 9.33. The van der Waals surface area contributed by atoms with E-state index < -0.39 is 0 Å². The van der Waals surface area contributed by atoms with Gasteiger partial charge < -0.3 is 25.2 Å². The third-order valence-electron chi connectivity index (χ3n) is 9.38. The molecule has 2 fully saturated rings. The molecular formula is C32H48N8O4. The van der Waals surface area contributed by atoms with Gasteiger partial charge in [0.1, 0.15) is 5.52 Å². The molecule has 2 aromatic heterocycles. The number of carbonyl (C=O) groups excluding carboxylic acids is 1.